The van der Waals surface area contributed by atoms with Crippen molar-refractivity contribution in [3.05, 3.63) is 118 Å². The number of pyridine rings is 1. The molecule has 0 saturated heterocycles. The lowest BCUT2D eigenvalue weighted by atomic mass is 9.83. The minimum Gasteiger partial charge on any atom is -0.358 e. The highest BCUT2D eigenvalue weighted by atomic mass is 32.1. The lowest BCUT2D eigenvalue weighted by Crippen LogP contribution is -2.26. The van der Waals surface area contributed by atoms with Gasteiger partial charge >= 0.3 is 0 Å². The molecule has 39 heavy (non-hydrogen) atoms. The molecule has 0 amide bonds. The van der Waals surface area contributed by atoms with Gasteiger partial charge in [-0.15, -0.1) is 11.3 Å². The molecule has 4 rings (SSSR count). The molecule has 0 bridgehead atoms. The van der Waals surface area contributed by atoms with E-state index in [2.05, 4.69) is 89.6 Å². The Kier molecular flexibility index (Phi) is 8.99. The molecule has 5 nitrogen and oxygen atoms in total. The Balaban J connectivity index is 1.60. The van der Waals surface area contributed by atoms with Crippen molar-refractivity contribution in [3.63, 3.8) is 0 Å². The summed E-state index contributed by atoms with van der Waals surface area (Å²) in [7, 11) is 0. The molecule has 0 spiro atoms. The first-order valence-electron chi connectivity index (χ1n) is 13.2. The van der Waals surface area contributed by atoms with Gasteiger partial charge in [0, 0.05) is 33.3 Å². The van der Waals surface area contributed by atoms with Crippen LogP contribution >= 0.6 is 11.3 Å². The minimum atomic E-state index is 0.549. The van der Waals surface area contributed by atoms with Crippen LogP contribution in [0.4, 0.5) is 5.69 Å². The number of aromatic nitrogens is 3. The van der Waals surface area contributed by atoms with Gasteiger partial charge in [-0.2, -0.15) is 5.10 Å². The summed E-state index contributed by atoms with van der Waals surface area (Å²) in [6, 6.07) is 6.23. The van der Waals surface area contributed by atoms with Gasteiger partial charge in [-0.05, 0) is 79.8 Å². The summed E-state index contributed by atoms with van der Waals surface area (Å²) in [5.74, 6) is 0.549. The molecule has 3 N–H and O–H groups in total. The molecular formula is C33H37N5S. The average Bonchev–Trinajstić information content (AvgIpc) is 3.56. The summed E-state index contributed by atoms with van der Waals surface area (Å²) in [6.45, 7) is 22.9. The highest BCUT2D eigenvalue weighted by Gasteiger charge is 2.20. The number of nitrogens with one attached hydrogen (secondary N) is 3. The topological polar surface area (TPSA) is 65.6 Å². The van der Waals surface area contributed by atoms with Crippen LogP contribution < -0.4 is 21.2 Å². The first-order chi connectivity index (χ1) is 18.8. The van der Waals surface area contributed by atoms with Gasteiger partial charge in [-0.25, -0.2) is 0 Å². The number of allylic oxidation sites excluding steroid dienone is 7. The molecule has 200 valence electrons. The molecule has 1 aliphatic rings. The minimum absolute atomic E-state index is 0.549. The smallest absolute Gasteiger partial charge is 0.116 e. The second kappa shape index (κ2) is 12.6. The van der Waals surface area contributed by atoms with Crippen LogP contribution in [0.1, 0.15) is 56.2 Å². The number of aromatic amines is 1. The van der Waals surface area contributed by atoms with E-state index in [1.807, 2.05) is 43.6 Å². The monoisotopic (exact) mass is 535 g/mol. The molecule has 0 unspecified atom stereocenters. The molecule has 0 atom stereocenters. The summed E-state index contributed by atoms with van der Waals surface area (Å²) < 4.78 is 0. The highest BCUT2D eigenvalue weighted by Crippen LogP contribution is 2.33. The van der Waals surface area contributed by atoms with Gasteiger partial charge in [-0.1, -0.05) is 57.0 Å². The van der Waals surface area contributed by atoms with Gasteiger partial charge in [-0.3, -0.25) is 10.1 Å². The van der Waals surface area contributed by atoms with Crippen LogP contribution in [0.3, 0.4) is 0 Å². The Morgan fingerprint density at radius 2 is 1.97 bits per heavy atom. The Morgan fingerprint density at radius 3 is 2.62 bits per heavy atom. The Morgan fingerprint density at radius 1 is 1.18 bits per heavy atom. The lowest BCUT2D eigenvalue weighted by Gasteiger charge is -2.28. The predicted octanol–water partition coefficient (Wildman–Crippen LogP) is 7.01. The largest absolute Gasteiger partial charge is 0.358 e. The molecule has 0 radical (unpaired) electrons. The Labute approximate surface area is 235 Å². The fourth-order valence-corrected chi connectivity index (χ4v) is 5.28. The molecule has 3 heterocycles. The Hall–Kier alpha value is -4.16. The van der Waals surface area contributed by atoms with E-state index >= 15 is 0 Å². The zero-order valence-electron chi connectivity index (χ0n) is 23.1. The molecule has 3 aromatic rings. The molecule has 1 fully saturated rings. The highest BCUT2D eigenvalue weighted by molar-refractivity contribution is 7.11. The molecule has 1 aliphatic carbocycles. The van der Waals surface area contributed by atoms with E-state index in [4.69, 9.17) is 0 Å². The van der Waals surface area contributed by atoms with Crippen molar-refractivity contribution >= 4 is 46.0 Å². The number of hydrogen-bond donors (Lipinski definition) is 3. The second-order valence-corrected chi connectivity index (χ2v) is 10.7. The standard InChI is InChI=1S/C33H37N5S/c1-8-12-29(32-15-11-16-39-32)22(4)23(5)35-25(7)33-30(31(9-2)37-38-33)17-21(3)27-18-28(20-34-19-27)36-24(6)26-13-10-14-26/h8-9,11-12,15-20,26,35-37H,1,3,6-7,10,13-14H2,2,4-5H3/b23-22+,29-12+,30-17+,31-9+. The van der Waals surface area contributed by atoms with Crippen LogP contribution in [0.15, 0.2) is 91.4 Å². The fourth-order valence-electron chi connectivity index (χ4n) is 4.47. The Bertz CT molecular complexity index is 1580. The van der Waals surface area contributed by atoms with Crippen molar-refractivity contribution in [3.8, 4) is 0 Å². The van der Waals surface area contributed by atoms with Crippen molar-refractivity contribution in [2.75, 3.05) is 5.32 Å². The van der Waals surface area contributed by atoms with Gasteiger partial charge in [0.05, 0.1) is 22.9 Å². The average molecular weight is 536 g/mol. The molecule has 1 saturated carbocycles. The summed E-state index contributed by atoms with van der Waals surface area (Å²) in [5.41, 5.74) is 8.41. The van der Waals surface area contributed by atoms with Crippen LogP contribution in [0.5, 0.6) is 0 Å². The van der Waals surface area contributed by atoms with E-state index in [1.54, 1.807) is 11.3 Å². The van der Waals surface area contributed by atoms with E-state index in [9.17, 15) is 0 Å². The molecule has 6 heteroatoms. The number of rotatable bonds is 11. The lowest BCUT2D eigenvalue weighted by molar-refractivity contribution is 0.371. The van der Waals surface area contributed by atoms with Crippen molar-refractivity contribution in [2.24, 2.45) is 5.92 Å². The zero-order chi connectivity index (χ0) is 27.9. The maximum atomic E-state index is 4.59. The number of thiophene rings is 1. The third kappa shape index (κ3) is 6.47. The van der Waals surface area contributed by atoms with Gasteiger partial charge in [0.25, 0.3) is 0 Å². The van der Waals surface area contributed by atoms with Gasteiger partial charge < -0.3 is 10.6 Å². The quantitative estimate of drug-likeness (QED) is 0.231. The number of nitrogens with zero attached hydrogens (tertiary/aromatic N) is 2. The van der Waals surface area contributed by atoms with Crippen LogP contribution in [-0.2, 0) is 0 Å². The number of anilines is 1. The van der Waals surface area contributed by atoms with E-state index < -0.39 is 0 Å². The summed E-state index contributed by atoms with van der Waals surface area (Å²) >= 11 is 1.70. The zero-order valence-corrected chi connectivity index (χ0v) is 23.9. The summed E-state index contributed by atoms with van der Waals surface area (Å²) in [4.78, 5) is 5.63. The van der Waals surface area contributed by atoms with Crippen LogP contribution in [0.25, 0.3) is 29.0 Å². The summed E-state index contributed by atoms with van der Waals surface area (Å²) in [6.07, 6.45) is 15.2. The molecule has 3 aromatic heterocycles. The van der Waals surface area contributed by atoms with Crippen molar-refractivity contribution in [1.29, 1.82) is 0 Å². The first-order valence-corrected chi connectivity index (χ1v) is 14.0. The van der Waals surface area contributed by atoms with Crippen LogP contribution in [-0.4, -0.2) is 15.2 Å². The molecule has 0 aromatic carbocycles. The molecular weight excluding hydrogens is 498 g/mol. The predicted molar refractivity (Wildman–Crippen MR) is 169 cm³/mol. The summed E-state index contributed by atoms with van der Waals surface area (Å²) in [5, 5.41) is 18.5. The van der Waals surface area contributed by atoms with E-state index in [-0.39, 0.29) is 0 Å². The van der Waals surface area contributed by atoms with E-state index in [0.29, 0.717) is 11.6 Å². The van der Waals surface area contributed by atoms with Gasteiger partial charge in [0.1, 0.15) is 5.69 Å². The third-order valence-electron chi connectivity index (χ3n) is 7.11. The van der Waals surface area contributed by atoms with E-state index in [0.717, 1.165) is 55.6 Å². The van der Waals surface area contributed by atoms with Crippen molar-refractivity contribution in [1.82, 2.24) is 20.5 Å². The maximum absolute atomic E-state index is 4.59. The van der Waals surface area contributed by atoms with Crippen LogP contribution in [0, 0.1) is 5.92 Å². The normalized spacial score (nSPS) is 15.4. The number of hydrogen-bond acceptors (Lipinski definition) is 5. The first kappa shape index (κ1) is 27.9. The number of H-pyrrole nitrogens is 1. The van der Waals surface area contributed by atoms with Crippen molar-refractivity contribution < 1.29 is 0 Å². The van der Waals surface area contributed by atoms with E-state index in [1.165, 1.54) is 24.1 Å². The fraction of sp³-hybridized carbons (Fsp3) is 0.212. The SMILES string of the molecule is C=C/C=C(\C(C)=C(/C)NC(=C)c1n[nH]c(=C/C)/c1=C\C(=C)c1cncc(NC(=C)C2CCC2)c1)c1cccs1. The third-order valence-corrected chi connectivity index (χ3v) is 8.02. The second-order valence-electron chi connectivity index (χ2n) is 9.75. The van der Waals surface area contributed by atoms with Crippen LogP contribution in [0.2, 0.25) is 0 Å². The van der Waals surface area contributed by atoms with Gasteiger partial charge in [0.15, 0.2) is 0 Å². The maximum Gasteiger partial charge on any atom is 0.116 e. The van der Waals surface area contributed by atoms with Gasteiger partial charge in [0.2, 0.25) is 0 Å². The molecule has 0 aliphatic heterocycles. The van der Waals surface area contributed by atoms with Crippen molar-refractivity contribution in [2.45, 2.75) is 40.0 Å².